The van der Waals surface area contributed by atoms with E-state index in [2.05, 4.69) is 37.1 Å². The molecule has 0 spiro atoms. The second-order valence-corrected chi connectivity index (χ2v) is 13.1. The molecule has 0 radical (unpaired) electrons. The molecule has 3 aliphatic rings. The van der Waals surface area contributed by atoms with Gasteiger partial charge in [-0.05, 0) is 55.2 Å². The number of amides is 2. The molecule has 3 fully saturated rings. The highest BCUT2D eigenvalue weighted by Gasteiger charge is 2.31. The quantitative estimate of drug-likeness (QED) is 0.268. The number of aromatic nitrogens is 2. The Morgan fingerprint density at radius 2 is 1.63 bits per heavy atom. The van der Waals surface area contributed by atoms with Gasteiger partial charge in [0.1, 0.15) is 28.5 Å². The van der Waals surface area contributed by atoms with Crippen LogP contribution in [0.1, 0.15) is 42.7 Å². The van der Waals surface area contributed by atoms with Crippen molar-refractivity contribution in [3.8, 4) is 22.9 Å². The van der Waals surface area contributed by atoms with Crippen molar-refractivity contribution in [2.24, 2.45) is 0 Å². The summed E-state index contributed by atoms with van der Waals surface area (Å²) < 4.78 is 25.8. The summed E-state index contributed by atoms with van der Waals surface area (Å²) in [7, 11) is 3.09. The average molecular weight is 669 g/mol. The number of piperazine rings is 1. The molecule has 2 amide bonds. The van der Waals surface area contributed by atoms with Crippen LogP contribution >= 0.6 is 0 Å². The van der Waals surface area contributed by atoms with E-state index in [1.54, 1.807) is 31.4 Å². The van der Waals surface area contributed by atoms with Crippen LogP contribution in [-0.2, 0) is 16.1 Å². The summed E-state index contributed by atoms with van der Waals surface area (Å²) in [6.45, 7) is 6.39. The summed E-state index contributed by atoms with van der Waals surface area (Å²) in [6, 6.07) is 17.3. The van der Waals surface area contributed by atoms with Crippen LogP contribution in [0, 0.1) is 5.82 Å². The fourth-order valence-corrected chi connectivity index (χ4v) is 7.43. The van der Waals surface area contributed by atoms with Gasteiger partial charge in [0, 0.05) is 87.2 Å². The Hall–Kier alpha value is -4.81. The topological polar surface area (TPSA) is 120 Å². The summed E-state index contributed by atoms with van der Waals surface area (Å²) in [5.41, 5.74) is 3.48. The Bertz CT molecular complexity index is 1920. The molecule has 49 heavy (non-hydrogen) atoms. The number of methoxy groups -OCH3 is 2. The lowest BCUT2D eigenvalue weighted by atomic mass is 9.89. The van der Waals surface area contributed by atoms with Crippen molar-refractivity contribution in [1.29, 1.82) is 0 Å². The zero-order valence-electron chi connectivity index (χ0n) is 27.8. The highest BCUT2D eigenvalue weighted by molar-refractivity contribution is 6.01. The molecule has 1 aromatic heterocycles. The number of nitrogens with zero attached hydrogens (tertiary/aromatic N) is 4. The molecule has 1 unspecified atom stereocenters. The molecule has 11 nitrogen and oxygen atoms in total. The zero-order chi connectivity index (χ0) is 34.1. The minimum Gasteiger partial charge on any atom is -0.497 e. The second-order valence-electron chi connectivity index (χ2n) is 13.1. The number of carbonyl (C=O) groups excluding carboxylic acids is 2. The van der Waals surface area contributed by atoms with Crippen molar-refractivity contribution >= 4 is 28.4 Å². The largest absolute Gasteiger partial charge is 0.497 e. The molecule has 3 saturated heterocycles. The highest BCUT2D eigenvalue weighted by atomic mass is 19.1. The van der Waals surface area contributed by atoms with E-state index < -0.39 is 11.8 Å². The third kappa shape index (κ3) is 6.88. The summed E-state index contributed by atoms with van der Waals surface area (Å²) >= 11 is 0. The molecule has 0 bridgehead atoms. The highest BCUT2D eigenvalue weighted by Crippen LogP contribution is 2.31. The summed E-state index contributed by atoms with van der Waals surface area (Å²) in [6.07, 6.45) is 2.74. The fraction of sp³-hybridized carbons (Fsp3) is 0.405. The van der Waals surface area contributed by atoms with Gasteiger partial charge in [-0.25, -0.2) is 9.37 Å². The second kappa shape index (κ2) is 14.0. The molecule has 2 N–H and O–H groups in total. The first-order chi connectivity index (χ1) is 23.8. The first kappa shape index (κ1) is 32.7. The molecule has 7 rings (SSSR count). The molecular formula is C37H41FN6O5. The maximum absolute atomic E-state index is 15.0. The molecule has 4 heterocycles. The number of imide groups is 1. The van der Waals surface area contributed by atoms with Crippen molar-refractivity contribution in [1.82, 2.24) is 25.1 Å². The minimum atomic E-state index is -0.614. The lowest BCUT2D eigenvalue weighted by Gasteiger charge is -2.43. The summed E-state index contributed by atoms with van der Waals surface area (Å²) in [5, 5.41) is 2.71. The minimum absolute atomic E-state index is 0.232. The number of benzene rings is 3. The number of anilines is 1. The Kier molecular flexibility index (Phi) is 9.33. The number of ether oxygens (including phenoxy) is 2. The van der Waals surface area contributed by atoms with Gasteiger partial charge in [-0.1, -0.05) is 12.1 Å². The Labute approximate surface area is 284 Å². The number of hydrogen-bond acceptors (Lipinski definition) is 9. The van der Waals surface area contributed by atoms with Crippen molar-refractivity contribution in [3.05, 3.63) is 81.9 Å². The van der Waals surface area contributed by atoms with Crippen LogP contribution in [0.5, 0.6) is 11.5 Å². The Balaban J connectivity index is 0.911. The maximum atomic E-state index is 15.0. The van der Waals surface area contributed by atoms with Gasteiger partial charge in [0.2, 0.25) is 11.8 Å². The molecule has 0 saturated carbocycles. The van der Waals surface area contributed by atoms with E-state index in [4.69, 9.17) is 14.5 Å². The molecule has 4 aromatic rings. The number of rotatable bonds is 8. The normalized spacial score (nSPS) is 19.7. The van der Waals surface area contributed by atoms with Crippen molar-refractivity contribution in [3.63, 3.8) is 0 Å². The molecule has 3 aromatic carbocycles. The SMILES string of the molecule is COc1cc(OC)c2c(=O)[nH]c(-c3ccc(N4CCC(N5CCN(Cc6ccc(C7CCC(=O)NC7=O)c(F)c6)CC5)CC4)cc3)nc2c1. The monoisotopic (exact) mass is 668 g/mol. The molecular weight excluding hydrogens is 627 g/mol. The number of hydrogen-bond donors (Lipinski definition) is 2. The van der Waals surface area contributed by atoms with Crippen LogP contribution in [0.25, 0.3) is 22.3 Å². The van der Waals surface area contributed by atoms with Crippen molar-refractivity contribution < 1.29 is 23.5 Å². The number of piperidine rings is 2. The van der Waals surface area contributed by atoms with Gasteiger partial charge in [0.05, 0.1) is 25.7 Å². The number of H-pyrrole nitrogens is 1. The number of nitrogens with one attached hydrogen (secondary N) is 2. The lowest BCUT2D eigenvalue weighted by Crippen LogP contribution is -2.53. The van der Waals surface area contributed by atoms with E-state index in [-0.39, 0.29) is 23.7 Å². The van der Waals surface area contributed by atoms with Crippen LogP contribution in [0.4, 0.5) is 10.1 Å². The predicted octanol–water partition coefficient (Wildman–Crippen LogP) is 4.05. The number of carbonyl (C=O) groups is 2. The van der Waals surface area contributed by atoms with Gasteiger partial charge >= 0.3 is 0 Å². The Morgan fingerprint density at radius 1 is 0.878 bits per heavy atom. The third-order valence-corrected chi connectivity index (χ3v) is 10.2. The van der Waals surface area contributed by atoms with Gasteiger partial charge < -0.3 is 19.4 Å². The van der Waals surface area contributed by atoms with Crippen molar-refractivity contribution in [2.45, 2.75) is 44.2 Å². The average Bonchev–Trinajstić information content (AvgIpc) is 3.12. The first-order valence-electron chi connectivity index (χ1n) is 16.9. The molecule has 256 valence electrons. The molecule has 12 heteroatoms. The molecule has 0 aliphatic carbocycles. The lowest BCUT2D eigenvalue weighted by molar-refractivity contribution is -0.134. The molecule has 1 atom stereocenters. The van der Waals surface area contributed by atoms with E-state index in [9.17, 15) is 14.4 Å². The number of aromatic amines is 1. The van der Waals surface area contributed by atoms with Gasteiger partial charge in [-0.2, -0.15) is 0 Å². The summed E-state index contributed by atoms with van der Waals surface area (Å²) in [4.78, 5) is 51.6. The fourth-order valence-electron chi connectivity index (χ4n) is 7.43. The smallest absolute Gasteiger partial charge is 0.262 e. The van der Waals surface area contributed by atoms with E-state index in [1.165, 1.54) is 7.11 Å². The van der Waals surface area contributed by atoms with E-state index in [0.717, 1.165) is 68.9 Å². The number of halogens is 1. The van der Waals surface area contributed by atoms with E-state index in [1.807, 2.05) is 18.2 Å². The van der Waals surface area contributed by atoms with Crippen LogP contribution in [0.3, 0.4) is 0 Å². The number of fused-ring (bicyclic) bond motifs is 1. The Morgan fingerprint density at radius 3 is 2.31 bits per heavy atom. The summed E-state index contributed by atoms with van der Waals surface area (Å²) in [5.74, 6) is -0.227. The standard InChI is InChI=1S/C37H41FN6O5/c1-48-27-20-31-34(32(21-27)49-2)37(47)41-35(39-31)24-4-6-25(7-5-24)43-13-11-26(12-14-43)44-17-15-42(16-18-44)22-23-3-8-28(30(38)19-23)29-9-10-33(45)40-36(29)46/h3-8,19-21,26,29H,9-18,22H2,1-2H3,(H,39,41,47)(H,40,45,46). The van der Waals surface area contributed by atoms with Crippen LogP contribution in [-0.4, -0.2) is 91.1 Å². The zero-order valence-corrected chi connectivity index (χ0v) is 27.8. The van der Waals surface area contributed by atoms with Gasteiger partial charge in [-0.15, -0.1) is 0 Å². The van der Waals surface area contributed by atoms with Gasteiger partial charge in [0.15, 0.2) is 0 Å². The molecule has 3 aliphatic heterocycles. The van der Waals surface area contributed by atoms with Crippen LogP contribution in [0.15, 0.2) is 59.4 Å². The predicted molar refractivity (Wildman–Crippen MR) is 185 cm³/mol. The third-order valence-electron chi connectivity index (χ3n) is 10.2. The maximum Gasteiger partial charge on any atom is 0.262 e. The van der Waals surface area contributed by atoms with Crippen molar-refractivity contribution in [2.75, 3.05) is 58.4 Å². The van der Waals surface area contributed by atoms with E-state index >= 15 is 4.39 Å². The first-order valence-corrected chi connectivity index (χ1v) is 16.9. The van der Waals surface area contributed by atoms with Gasteiger partial charge in [-0.3, -0.25) is 29.5 Å². The van der Waals surface area contributed by atoms with Crippen LogP contribution in [0.2, 0.25) is 0 Å². The van der Waals surface area contributed by atoms with Crippen LogP contribution < -0.4 is 25.2 Å². The van der Waals surface area contributed by atoms with E-state index in [0.29, 0.717) is 52.8 Å². The van der Waals surface area contributed by atoms with Gasteiger partial charge in [0.25, 0.3) is 5.56 Å².